The Balaban J connectivity index is 2.45. The molecule has 0 saturated heterocycles. The Morgan fingerprint density at radius 2 is 2.11 bits per heavy atom. The molecule has 1 aromatic rings. The first-order valence-corrected chi connectivity index (χ1v) is 7.22. The van der Waals surface area contributed by atoms with Crippen LogP contribution in [0.15, 0.2) is 6.20 Å². The third-order valence-corrected chi connectivity index (χ3v) is 4.41. The molecule has 1 aliphatic carbocycles. The van der Waals surface area contributed by atoms with Gasteiger partial charge < -0.3 is 4.74 Å². The Hall–Kier alpha value is -1.32. The van der Waals surface area contributed by atoms with Gasteiger partial charge in [-0.1, -0.05) is 19.8 Å². The molecule has 0 unspecified atom stereocenters. The number of aromatic nitrogens is 2. The van der Waals surface area contributed by atoms with E-state index in [9.17, 15) is 4.79 Å². The monoisotopic (exact) mass is 264 g/mol. The quantitative estimate of drug-likeness (QED) is 0.763. The molecule has 4 nitrogen and oxygen atoms in total. The Labute approximate surface area is 115 Å². The van der Waals surface area contributed by atoms with Gasteiger partial charge in [0.15, 0.2) is 11.5 Å². The van der Waals surface area contributed by atoms with Gasteiger partial charge in [-0.15, -0.1) is 0 Å². The molecule has 1 fully saturated rings. The molecule has 0 bridgehead atoms. The number of methoxy groups -OCH3 is 1. The van der Waals surface area contributed by atoms with Crippen molar-refractivity contribution >= 4 is 5.78 Å². The Morgan fingerprint density at radius 3 is 2.58 bits per heavy atom. The highest BCUT2D eigenvalue weighted by Gasteiger charge is 2.42. The maximum Gasteiger partial charge on any atom is 0.190 e. The van der Waals surface area contributed by atoms with Crippen LogP contribution in [-0.2, 0) is 0 Å². The number of carbonyl (C=O) groups excluding carboxylic acids is 1. The minimum Gasteiger partial charge on any atom is -0.493 e. The van der Waals surface area contributed by atoms with Gasteiger partial charge in [0.05, 0.1) is 13.3 Å². The van der Waals surface area contributed by atoms with Crippen molar-refractivity contribution in [2.75, 3.05) is 7.11 Å². The molecule has 0 aromatic carbocycles. The van der Waals surface area contributed by atoms with Crippen LogP contribution in [0.3, 0.4) is 0 Å². The predicted molar refractivity (Wildman–Crippen MR) is 74.7 cm³/mol. The maximum absolute atomic E-state index is 13.0. The summed E-state index contributed by atoms with van der Waals surface area (Å²) in [5.74, 6) is 0.828. The van der Waals surface area contributed by atoms with Crippen LogP contribution in [0.4, 0.5) is 0 Å². The van der Waals surface area contributed by atoms with Crippen molar-refractivity contribution < 1.29 is 9.53 Å². The van der Waals surface area contributed by atoms with E-state index in [4.69, 9.17) is 4.74 Å². The number of carbonyl (C=O) groups is 1. The SMILES string of the molecule is CCC1(C(=O)c2c(OC)cnn2C(C)C)CCCC1. The van der Waals surface area contributed by atoms with Gasteiger partial charge in [-0.2, -0.15) is 5.10 Å². The molecule has 0 atom stereocenters. The van der Waals surface area contributed by atoms with Crippen molar-refractivity contribution in [3.8, 4) is 5.75 Å². The van der Waals surface area contributed by atoms with E-state index in [0.717, 1.165) is 32.1 Å². The summed E-state index contributed by atoms with van der Waals surface area (Å²) in [7, 11) is 1.60. The van der Waals surface area contributed by atoms with E-state index in [1.807, 2.05) is 13.8 Å². The zero-order chi connectivity index (χ0) is 14.0. The molecule has 0 spiro atoms. The van der Waals surface area contributed by atoms with Gasteiger partial charge in [0.25, 0.3) is 0 Å². The second kappa shape index (κ2) is 5.35. The topological polar surface area (TPSA) is 44.1 Å². The Bertz CT molecular complexity index is 457. The lowest BCUT2D eigenvalue weighted by Gasteiger charge is -2.26. The summed E-state index contributed by atoms with van der Waals surface area (Å²) < 4.78 is 7.14. The van der Waals surface area contributed by atoms with Crippen molar-refractivity contribution in [2.45, 2.75) is 58.9 Å². The third kappa shape index (κ3) is 2.28. The Morgan fingerprint density at radius 1 is 1.47 bits per heavy atom. The smallest absolute Gasteiger partial charge is 0.190 e. The number of rotatable bonds is 5. The molecular formula is C15H24N2O2. The second-order valence-corrected chi connectivity index (χ2v) is 5.77. The fourth-order valence-electron chi connectivity index (χ4n) is 3.15. The van der Waals surface area contributed by atoms with Gasteiger partial charge in [-0.25, -0.2) is 0 Å². The zero-order valence-corrected chi connectivity index (χ0v) is 12.4. The molecule has 0 aliphatic heterocycles. The van der Waals surface area contributed by atoms with Crippen molar-refractivity contribution in [3.63, 3.8) is 0 Å². The van der Waals surface area contributed by atoms with E-state index in [1.54, 1.807) is 18.0 Å². The first kappa shape index (κ1) is 14.1. The van der Waals surface area contributed by atoms with Gasteiger partial charge in [-0.3, -0.25) is 9.48 Å². The van der Waals surface area contributed by atoms with E-state index >= 15 is 0 Å². The number of Topliss-reactive ketones (excluding diaryl/α,β-unsaturated/α-hetero) is 1. The molecule has 19 heavy (non-hydrogen) atoms. The second-order valence-electron chi connectivity index (χ2n) is 5.77. The summed E-state index contributed by atoms with van der Waals surface area (Å²) in [6, 6.07) is 0.165. The van der Waals surface area contributed by atoms with Crippen LogP contribution in [0.5, 0.6) is 5.75 Å². The van der Waals surface area contributed by atoms with Gasteiger partial charge in [0.1, 0.15) is 5.69 Å². The lowest BCUT2D eigenvalue weighted by Crippen LogP contribution is -2.30. The van der Waals surface area contributed by atoms with Crippen LogP contribution < -0.4 is 4.74 Å². The highest BCUT2D eigenvalue weighted by molar-refractivity contribution is 6.01. The minimum atomic E-state index is -0.194. The molecule has 106 valence electrons. The van der Waals surface area contributed by atoms with E-state index in [2.05, 4.69) is 12.0 Å². The molecule has 0 N–H and O–H groups in total. The fraction of sp³-hybridized carbons (Fsp3) is 0.733. The molecule has 0 radical (unpaired) electrons. The molecular weight excluding hydrogens is 240 g/mol. The minimum absolute atomic E-state index is 0.165. The number of ether oxygens (including phenoxy) is 1. The zero-order valence-electron chi connectivity index (χ0n) is 12.4. The van der Waals surface area contributed by atoms with Crippen molar-refractivity contribution in [1.29, 1.82) is 0 Å². The highest BCUT2D eigenvalue weighted by Crippen LogP contribution is 2.45. The van der Waals surface area contributed by atoms with Crippen LogP contribution in [0.1, 0.15) is 69.4 Å². The first-order valence-electron chi connectivity index (χ1n) is 7.22. The molecule has 0 amide bonds. The molecule has 1 heterocycles. The molecule has 1 aliphatic rings. The lowest BCUT2D eigenvalue weighted by molar-refractivity contribution is 0.0773. The van der Waals surface area contributed by atoms with Crippen LogP contribution in [0.25, 0.3) is 0 Å². The van der Waals surface area contributed by atoms with Gasteiger partial charge in [0.2, 0.25) is 0 Å². The summed E-state index contributed by atoms with van der Waals surface area (Å²) in [6.07, 6.45) is 6.85. The van der Waals surface area contributed by atoms with Crippen molar-refractivity contribution in [2.24, 2.45) is 5.41 Å². The van der Waals surface area contributed by atoms with E-state index in [-0.39, 0.29) is 17.2 Å². The van der Waals surface area contributed by atoms with Crippen LogP contribution in [0, 0.1) is 5.41 Å². The highest BCUT2D eigenvalue weighted by atomic mass is 16.5. The summed E-state index contributed by atoms with van der Waals surface area (Å²) in [5, 5.41) is 4.32. The largest absolute Gasteiger partial charge is 0.493 e. The van der Waals surface area contributed by atoms with Crippen LogP contribution in [-0.4, -0.2) is 22.7 Å². The Kier molecular flexibility index (Phi) is 3.97. The molecule has 4 heteroatoms. The number of nitrogens with zero attached hydrogens (tertiary/aromatic N) is 2. The number of ketones is 1. The number of hydrogen-bond donors (Lipinski definition) is 0. The van der Waals surface area contributed by atoms with Crippen molar-refractivity contribution in [3.05, 3.63) is 11.9 Å². The van der Waals surface area contributed by atoms with Gasteiger partial charge in [-0.05, 0) is 33.1 Å². The van der Waals surface area contributed by atoms with E-state index in [0.29, 0.717) is 11.4 Å². The third-order valence-electron chi connectivity index (χ3n) is 4.41. The normalized spacial score (nSPS) is 17.9. The summed E-state index contributed by atoms with van der Waals surface area (Å²) in [5.41, 5.74) is 0.459. The molecule has 1 saturated carbocycles. The summed E-state index contributed by atoms with van der Waals surface area (Å²) >= 11 is 0. The van der Waals surface area contributed by atoms with Crippen LogP contribution in [0.2, 0.25) is 0 Å². The van der Waals surface area contributed by atoms with E-state index in [1.165, 1.54) is 0 Å². The van der Waals surface area contributed by atoms with Gasteiger partial charge in [0, 0.05) is 11.5 Å². The molecule has 2 rings (SSSR count). The number of hydrogen-bond acceptors (Lipinski definition) is 3. The van der Waals surface area contributed by atoms with E-state index < -0.39 is 0 Å². The predicted octanol–water partition coefficient (Wildman–Crippen LogP) is 3.63. The summed E-state index contributed by atoms with van der Waals surface area (Å²) in [6.45, 7) is 6.19. The van der Waals surface area contributed by atoms with Crippen LogP contribution >= 0.6 is 0 Å². The standard InChI is InChI=1S/C15H24N2O2/c1-5-15(8-6-7-9-15)14(18)13-12(19-4)10-16-17(13)11(2)3/h10-11H,5-9H2,1-4H3. The average molecular weight is 264 g/mol. The summed E-state index contributed by atoms with van der Waals surface area (Å²) in [4.78, 5) is 13.0. The van der Waals surface area contributed by atoms with Crippen molar-refractivity contribution in [1.82, 2.24) is 9.78 Å². The fourth-order valence-corrected chi connectivity index (χ4v) is 3.15. The lowest BCUT2D eigenvalue weighted by atomic mass is 9.77. The average Bonchev–Trinajstić information content (AvgIpc) is 3.04. The maximum atomic E-state index is 13.0. The van der Waals surface area contributed by atoms with Gasteiger partial charge >= 0.3 is 0 Å². The first-order chi connectivity index (χ1) is 9.05. The molecule has 1 aromatic heterocycles.